The number of halogens is 2. The second-order valence-corrected chi connectivity index (χ2v) is 6.30. The highest BCUT2D eigenvalue weighted by atomic mass is 19.3. The normalized spacial score (nSPS) is 38.3. The van der Waals surface area contributed by atoms with Crippen LogP contribution in [0.15, 0.2) is 0 Å². The lowest BCUT2D eigenvalue weighted by Gasteiger charge is -2.51. The van der Waals surface area contributed by atoms with Crippen LogP contribution in [0.1, 0.15) is 33.1 Å². The number of carbonyl (C=O) groups excluding carboxylic acids is 1. The highest BCUT2D eigenvalue weighted by molar-refractivity contribution is 5.84. The van der Waals surface area contributed by atoms with Crippen LogP contribution in [0.4, 0.5) is 8.78 Å². The summed E-state index contributed by atoms with van der Waals surface area (Å²) >= 11 is 0. The number of rotatable bonds is 2. The molecular weight excluding hydrogens is 238 g/mol. The lowest BCUT2D eigenvalue weighted by atomic mass is 9.83. The Kier molecular flexibility index (Phi) is 2.50. The van der Waals surface area contributed by atoms with Gasteiger partial charge in [0.2, 0.25) is 5.91 Å². The van der Waals surface area contributed by atoms with Crippen molar-refractivity contribution in [3.05, 3.63) is 0 Å². The molecule has 0 aromatic carbocycles. The second-order valence-electron chi connectivity index (χ2n) is 6.30. The van der Waals surface area contributed by atoms with E-state index < -0.39 is 11.8 Å². The van der Waals surface area contributed by atoms with Gasteiger partial charge >= 0.3 is 0 Å². The molecule has 0 radical (unpaired) electrons. The first-order valence-corrected chi connectivity index (χ1v) is 6.79. The van der Waals surface area contributed by atoms with Crippen molar-refractivity contribution in [3.8, 4) is 0 Å². The minimum absolute atomic E-state index is 0.125. The van der Waals surface area contributed by atoms with Gasteiger partial charge in [0.25, 0.3) is 5.92 Å². The van der Waals surface area contributed by atoms with Crippen LogP contribution in [0.25, 0.3) is 0 Å². The Morgan fingerprint density at radius 3 is 2.28 bits per heavy atom. The van der Waals surface area contributed by atoms with Crippen molar-refractivity contribution in [3.63, 3.8) is 0 Å². The Labute approximate surface area is 106 Å². The average Bonchev–Trinajstić information content (AvgIpc) is 2.75. The van der Waals surface area contributed by atoms with E-state index in [4.69, 9.17) is 0 Å². The fourth-order valence-electron chi connectivity index (χ4n) is 3.31. The molecule has 1 unspecified atom stereocenters. The summed E-state index contributed by atoms with van der Waals surface area (Å²) in [4.78, 5) is 16.1. The van der Waals surface area contributed by atoms with Crippen LogP contribution in [0, 0.1) is 5.92 Å². The van der Waals surface area contributed by atoms with Gasteiger partial charge in [-0.05, 0) is 26.7 Å². The number of likely N-dealkylation sites (tertiary alicyclic amines) is 2. The largest absolute Gasteiger partial charge is 0.335 e. The Morgan fingerprint density at radius 1 is 1.28 bits per heavy atom. The Hall–Kier alpha value is -0.710. The molecular formula is C13H20F2N2O. The zero-order chi connectivity index (χ0) is 13.1. The quantitative estimate of drug-likeness (QED) is 0.753. The lowest BCUT2D eigenvalue weighted by Crippen LogP contribution is -2.64. The van der Waals surface area contributed by atoms with Crippen LogP contribution in [0.3, 0.4) is 0 Å². The predicted octanol–water partition coefficient (Wildman–Crippen LogP) is 1.73. The van der Waals surface area contributed by atoms with Gasteiger partial charge in [0.05, 0.1) is 5.54 Å². The topological polar surface area (TPSA) is 23.6 Å². The van der Waals surface area contributed by atoms with Crippen LogP contribution in [-0.2, 0) is 4.79 Å². The van der Waals surface area contributed by atoms with E-state index in [0.29, 0.717) is 12.6 Å². The highest BCUT2D eigenvalue weighted by Crippen LogP contribution is 2.52. The average molecular weight is 258 g/mol. The molecule has 3 fully saturated rings. The predicted molar refractivity (Wildman–Crippen MR) is 63.4 cm³/mol. The molecule has 2 heterocycles. The summed E-state index contributed by atoms with van der Waals surface area (Å²) in [5, 5.41) is 0. The van der Waals surface area contributed by atoms with Crippen molar-refractivity contribution >= 4 is 5.91 Å². The van der Waals surface area contributed by atoms with E-state index in [1.54, 1.807) is 4.90 Å². The van der Waals surface area contributed by atoms with Gasteiger partial charge in [-0.25, -0.2) is 8.78 Å². The standard InChI is InChI=1S/C13H20F2N2O/c1-9(2)16-5-3-12(8-16)4-6-17(12)11(18)10-7-13(10,14)15/h9-10H,3-8H2,1-2H3/t10?,12-/m1/s1. The maximum absolute atomic E-state index is 13.0. The van der Waals surface area contributed by atoms with E-state index in [1.807, 2.05) is 0 Å². The van der Waals surface area contributed by atoms with E-state index in [9.17, 15) is 13.6 Å². The molecule has 2 aliphatic heterocycles. The summed E-state index contributed by atoms with van der Waals surface area (Å²) in [6.07, 6.45) is 1.67. The first-order valence-electron chi connectivity index (χ1n) is 6.79. The summed E-state index contributed by atoms with van der Waals surface area (Å²) < 4.78 is 26.0. The van der Waals surface area contributed by atoms with Crippen molar-refractivity contribution in [2.75, 3.05) is 19.6 Å². The van der Waals surface area contributed by atoms with Crippen molar-refractivity contribution in [2.45, 2.75) is 50.6 Å². The monoisotopic (exact) mass is 258 g/mol. The lowest BCUT2D eigenvalue weighted by molar-refractivity contribution is -0.150. The Balaban J connectivity index is 1.67. The van der Waals surface area contributed by atoms with Crippen LogP contribution in [-0.4, -0.2) is 52.8 Å². The van der Waals surface area contributed by atoms with Crippen molar-refractivity contribution < 1.29 is 13.6 Å². The number of amides is 1. The summed E-state index contributed by atoms with van der Waals surface area (Å²) in [6, 6.07) is 0.462. The molecule has 0 aromatic rings. The Morgan fingerprint density at radius 2 is 1.89 bits per heavy atom. The molecule has 1 spiro atoms. The molecule has 1 saturated carbocycles. The molecule has 2 atom stereocenters. The van der Waals surface area contributed by atoms with Gasteiger partial charge in [0.1, 0.15) is 5.92 Å². The number of carbonyl (C=O) groups is 1. The minimum atomic E-state index is -2.73. The van der Waals surface area contributed by atoms with E-state index in [2.05, 4.69) is 18.7 Å². The summed E-state index contributed by atoms with van der Waals surface area (Å²) in [7, 11) is 0. The molecule has 5 heteroatoms. The van der Waals surface area contributed by atoms with Gasteiger partial charge in [0.15, 0.2) is 0 Å². The van der Waals surface area contributed by atoms with E-state index in [1.165, 1.54) is 0 Å². The summed E-state index contributed by atoms with van der Waals surface area (Å²) in [6.45, 7) is 6.77. The second kappa shape index (κ2) is 3.65. The fraction of sp³-hybridized carbons (Fsp3) is 0.923. The number of nitrogens with zero attached hydrogens (tertiary/aromatic N) is 2. The number of alkyl halides is 2. The van der Waals surface area contributed by atoms with E-state index in [0.717, 1.165) is 25.9 Å². The fourth-order valence-corrected chi connectivity index (χ4v) is 3.31. The van der Waals surface area contributed by atoms with Gasteiger partial charge in [0, 0.05) is 32.1 Å². The van der Waals surface area contributed by atoms with Crippen molar-refractivity contribution in [2.24, 2.45) is 5.92 Å². The number of hydrogen-bond acceptors (Lipinski definition) is 2. The van der Waals surface area contributed by atoms with Gasteiger partial charge in [-0.3, -0.25) is 9.69 Å². The molecule has 3 rings (SSSR count). The van der Waals surface area contributed by atoms with Crippen LogP contribution in [0.5, 0.6) is 0 Å². The van der Waals surface area contributed by atoms with Crippen LogP contribution >= 0.6 is 0 Å². The molecule has 0 bridgehead atoms. The number of hydrogen-bond donors (Lipinski definition) is 0. The molecule has 3 aliphatic rings. The molecule has 0 N–H and O–H groups in total. The van der Waals surface area contributed by atoms with Crippen LogP contribution in [0.2, 0.25) is 0 Å². The smallest absolute Gasteiger partial charge is 0.260 e. The van der Waals surface area contributed by atoms with Crippen LogP contribution < -0.4 is 0 Å². The van der Waals surface area contributed by atoms with Crippen molar-refractivity contribution in [1.29, 1.82) is 0 Å². The molecule has 0 aromatic heterocycles. The maximum Gasteiger partial charge on any atom is 0.260 e. The van der Waals surface area contributed by atoms with Gasteiger partial charge in [-0.1, -0.05) is 0 Å². The summed E-state index contributed by atoms with van der Waals surface area (Å²) in [5.41, 5.74) is -0.125. The molecule has 1 amide bonds. The highest BCUT2D eigenvalue weighted by Gasteiger charge is 2.65. The zero-order valence-corrected chi connectivity index (χ0v) is 11.0. The van der Waals surface area contributed by atoms with E-state index in [-0.39, 0.29) is 17.9 Å². The first-order chi connectivity index (χ1) is 8.36. The summed E-state index contributed by atoms with van der Waals surface area (Å²) in [5.74, 6) is -4.07. The molecule has 2 saturated heterocycles. The van der Waals surface area contributed by atoms with Gasteiger partial charge in [-0.15, -0.1) is 0 Å². The third kappa shape index (κ3) is 1.67. The first kappa shape index (κ1) is 12.3. The van der Waals surface area contributed by atoms with Gasteiger partial charge in [-0.2, -0.15) is 0 Å². The van der Waals surface area contributed by atoms with Gasteiger partial charge < -0.3 is 4.90 Å². The third-order valence-corrected chi connectivity index (χ3v) is 4.86. The molecule has 1 aliphatic carbocycles. The Bertz CT molecular complexity index is 385. The minimum Gasteiger partial charge on any atom is -0.335 e. The van der Waals surface area contributed by atoms with Crippen molar-refractivity contribution in [1.82, 2.24) is 9.80 Å². The molecule has 102 valence electrons. The third-order valence-electron chi connectivity index (χ3n) is 4.86. The SMILES string of the molecule is CC(C)N1CC[C@@]2(CCN2C(=O)C2CC2(F)F)C1. The maximum atomic E-state index is 13.0. The molecule has 3 nitrogen and oxygen atoms in total. The molecule has 18 heavy (non-hydrogen) atoms. The zero-order valence-electron chi connectivity index (χ0n) is 11.0. The van der Waals surface area contributed by atoms with E-state index >= 15 is 0 Å².